The van der Waals surface area contributed by atoms with E-state index in [9.17, 15) is 22.0 Å². The summed E-state index contributed by atoms with van der Waals surface area (Å²) >= 11 is 0. The molecule has 0 amide bonds. The first-order chi connectivity index (χ1) is 12.7. The number of hydrogen-bond donors (Lipinski definition) is 0. The lowest BCUT2D eigenvalue weighted by atomic mass is 10.1. The largest absolute Gasteiger partial charge is 0.369 e. The molecule has 0 N–H and O–H groups in total. The van der Waals surface area contributed by atoms with Crippen molar-refractivity contribution in [3.8, 4) is 0 Å². The van der Waals surface area contributed by atoms with Crippen LogP contribution in [0.5, 0.6) is 0 Å². The number of carbonyl (C=O) groups is 1. The molecule has 2 aromatic rings. The van der Waals surface area contributed by atoms with E-state index in [0.717, 1.165) is 11.9 Å². The lowest BCUT2D eigenvalue weighted by molar-refractivity contribution is 0.0541. The van der Waals surface area contributed by atoms with Crippen LogP contribution < -0.4 is 4.90 Å². The second-order valence-electron chi connectivity index (χ2n) is 6.31. The summed E-state index contributed by atoms with van der Waals surface area (Å²) in [7, 11) is -3.88. The second kappa shape index (κ2) is 7.35. The first kappa shape index (κ1) is 19.4. The summed E-state index contributed by atoms with van der Waals surface area (Å²) in [6, 6.07) is 7.14. The summed E-state index contributed by atoms with van der Waals surface area (Å²) in [5.41, 5.74) is 1.44. The van der Waals surface area contributed by atoms with Crippen molar-refractivity contribution in [3.05, 3.63) is 41.7 Å². The van der Waals surface area contributed by atoms with Crippen LogP contribution in [0.3, 0.4) is 0 Å². The van der Waals surface area contributed by atoms with Crippen LogP contribution in [0.2, 0.25) is 0 Å². The van der Waals surface area contributed by atoms with Gasteiger partial charge in [-0.25, -0.2) is 13.1 Å². The van der Waals surface area contributed by atoms with E-state index in [1.54, 1.807) is 12.1 Å². The second-order valence-corrected chi connectivity index (χ2v) is 8.22. The Bertz CT molecular complexity index is 934. The van der Waals surface area contributed by atoms with E-state index < -0.39 is 16.6 Å². The monoisotopic (exact) mass is 398 g/mol. The van der Waals surface area contributed by atoms with Crippen molar-refractivity contribution in [2.75, 3.05) is 31.1 Å². The number of nitrogens with zero attached hydrogens (tertiary/aromatic N) is 4. The van der Waals surface area contributed by atoms with E-state index in [-0.39, 0.29) is 29.5 Å². The molecule has 0 saturated carbocycles. The number of anilines is 1. The molecule has 146 valence electrons. The average molecular weight is 398 g/mol. The number of piperazine rings is 1. The van der Waals surface area contributed by atoms with Gasteiger partial charge < -0.3 is 4.90 Å². The molecule has 1 fully saturated rings. The van der Waals surface area contributed by atoms with Crippen molar-refractivity contribution >= 4 is 21.5 Å². The van der Waals surface area contributed by atoms with E-state index in [4.69, 9.17) is 0 Å². The van der Waals surface area contributed by atoms with Crippen LogP contribution in [0.4, 0.5) is 14.5 Å². The van der Waals surface area contributed by atoms with E-state index in [1.165, 1.54) is 18.2 Å². The van der Waals surface area contributed by atoms with Crippen molar-refractivity contribution in [2.45, 2.75) is 25.3 Å². The third kappa shape index (κ3) is 3.72. The van der Waals surface area contributed by atoms with Gasteiger partial charge in [-0.1, -0.05) is 0 Å². The van der Waals surface area contributed by atoms with Gasteiger partial charge in [-0.3, -0.25) is 4.79 Å². The van der Waals surface area contributed by atoms with Gasteiger partial charge in [0.1, 0.15) is 4.90 Å². The fourth-order valence-corrected chi connectivity index (χ4v) is 4.66. The number of hydrogen-bond acceptors (Lipinski definition) is 5. The maximum absolute atomic E-state index is 12.9. The number of ketones is 1. The van der Waals surface area contributed by atoms with E-state index >= 15 is 0 Å². The highest BCUT2D eigenvalue weighted by atomic mass is 32.2. The molecule has 1 aliphatic heterocycles. The maximum atomic E-state index is 12.9. The van der Waals surface area contributed by atoms with Gasteiger partial charge >= 0.3 is 6.55 Å². The van der Waals surface area contributed by atoms with Gasteiger partial charge in [0.15, 0.2) is 5.78 Å². The third-order valence-electron chi connectivity index (χ3n) is 4.68. The Morgan fingerprint density at radius 1 is 1.11 bits per heavy atom. The molecule has 0 atom stereocenters. The number of halogens is 2. The topological polar surface area (TPSA) is 75.5 Å². The summed E-state index contributed by atoms with van der Waals surface area (Å²) in [6.45, 7) is 1.31. The number of Topliss-reactive ketones (excluding diaryl/α,β-unsaturated/α-hetero) is 1. The number of benzene rings is 1. The minimum absolute atomic E-state index is 0.0165. The zero-order chi connectivity index (χ0) is 19.8. The Labute approximate surface area is 156 Å². The van der Waals surface area contributed by atoms with E-state index in [2.05, 4.69) is 5.10 Å². The first-order valence-electron chi connectivity index (χ1n) is 8.40. The molecule has 3 rings (SSSR count). The van der Waals surface area contributed by atoms with E-state index in [1.807, 2.05) is 17.0 Å². The molecular formula is C17H20F2N4O3S. The lowest BCUT2D eigenvalue weighted by Gasteiger charge is -2.35. The smallest absolute Gasteiger partial charge is 0.333 e. The Morgan fingerprint density at radius 2 is 1.70 bits per heavy atom. The number of sulfonamides is 1. The summed E-state index contributed by atoms with van der Waals surface area (Å²) in [4.78, 5) is 13.2. The van der Waals surface area contributed by atoms with Crippen molar-refractivity contribution in [2.24, 2.45) is 0 Å². The summed E-state index contributed by atoms with van der Waals surface area (Å²) in [5.74, 6) is -0.0165. The van der Waals surface area contributed by atoms with Crippen LogP contribution in [0.25, 0.3) is 0 Å². The minimum Gasteiger partial charge on any atom is -0.369 e. The molecular weight excluding hydrogens is 378 g/mol. The standard InChI is InChI=1S/C17H20F2N4O3S/c1-12-16(11-20-23(12)17(18)19)27(25,26)22-9-7-21(8-10-22)15-5-3-14(4-6-15)13(2)24/h3-6,11,17H,7-10H2,1-2H3. The molecule has 2 heterocycles. The van der Waals surface area contributed by atoms with Crippen molar-refractivity contribution < 1.29 is 22.0 Å². The molecule has 0 bridgehead atoms. The van der Waals surface area contributed by atoms with Gasteiger partial charge in [0.05, 0.1) is 11.9 Å². The molecule has 0 aliphatic carbocycles. The highest BCUT2D eigenvalue weighted by Gasteiger charge is 2.32. The average Bonchev–Trinajstić information content (AvgIpc) is 3.04. The van der Waals surface area contributed by atoms with Crippen LogP contribution in [0, 0.1) is 6.92 Å². The van der Waals surface area contributed by atoms with Crippen LogP contribution in [-0.2, 0) is 10.0 Å². The summed E-state index contributed by atoms with van der Waals surface area (Å²) in [6.07, 6.45) is 0.976. The van der Waals surface area contributed by atoms with Crippen molar-refractivity contribution in [3.63, 3.8) is 0 Å². The predicted octanol–water partition coefficient (Wildman–Crippen LogP) is 2.30. The molecule has 1 aromatic heterocycles. The minimum atomic E-state index is -3.88. The molecule has 10 heteroatoms. The Morgan fingerprint density at radius 3 is 2.19 bits per heavy atom. The fraction of sp³-hybridized carbons (Fsp3) is 0.412. The summed E-state index contributed by atoms with van der Waals surface area (Å²) in [5, 5.41) is 3.48. The zero-order valence-corrected chi connectivity index (χ0v) is 15.8. The number of carbonyl (C=O) groups excluding carboxylic acids is 1. The Kier molecular flexibility index (Phi) is 5.29. The van der Waals surface area contributed by atoms with Gasteiger partial charge in [0.25, 0.3) is 0 Å². The van der Waals surface area contributed by atoms with Crippen molar-refractivity contribution in [1.29, 1.82) is 0 Å². The van der Waals surface area contributed by atoms with Crippen LogP contribution in [0.1, 0.15) is 29.5 Å². The highest BCUT2D eigenvalue weighted by molar-refractivity contribution is 7.89. The van der Waals surface area contributed by atoms with Gasteiger partial charge in [0.2, 0.25) is 10.0 Å². The summed E-state index contributed by atoms with van der Waals surface area (Å²) < 4.78 is 53.0. The van der Waals surface area contributed by atoms with Crippen LogP contribution in [-0.4, -0.2) is 54.5 Å². The maximum Gasteiger partial charge on any atom is 0.333 e. The normalized spacial score (nSPS) is 16.1. The molecule has 1 aliphatic rings. The number of rotatable bonds is 5. The van der Waals surface area contributed by atoms with Gasteiger partial charge in [-0.05, 0) is 38.1 Å². The molecule has 0 spiro atoms. The molecule has 27 heavy (non-hydrogen) atoms. The SMILES string of the molecule is CC(=O)c1ccc(N2CCN(S(=O)(=O)c3cnn(C(F)F)c3C)CC2)cc1. The highest BCUT2D eigenvalue weighted by Crippen LogP contribution is 2.25. The number of aromatic nitrogens is 2. The molecule has 0 radical (unpaired) electrons. The van der Waals surface area contributed by atoms with Crippen LogP contribution in [0.15, 0.2) is 35.4 Å². The van der Waals surface area contributed by atoms with Crippen LogP contribution >= 0.6 is 0 Å². The Hall–Kier alpha value is -2.33. The third-order valence-corrected chi connectivity index (χ3v) is 6.68. The van der Waals surface area contributed by atoms with Gasteiger partial charge in [-0.2, -0.15) is 18.2 Å². The van der Waals surface area contributed by atoms with Gasteiger partial charge in [-0.15, -0.1) is 0 Å². The molecule has 0 unspecified atom stereocenters. The molecule has 7 nitrogen and oxygen atoms in total. The lowest BCUT2D eigenvalue weighted by Crippen LogP contribution is -2.48. The Balaban J connectivity index is 1.72. The predicted molar refractivity (Wildman–Crippen MR) is 95.6 cm³/mol. The van der Waals surface area contributed by atoms with E-state index in [0.29, 0.717) is 23.3 Å². The molecule has 1 aromatic carbocycles. The van der Waals surface area contributed by atoms with Crippen molar-refractivity contribution in [1.82, 2.24) is 14.1 Å². The fourth-order valence-electron chi connectivity index (χ4n) is 3.09. The molecule has 1 saturated heterocycles. The zero-order valence-electron chi connectivity index (χ0n) is 15.0. The van der Waals surface area contributed by atoms with Gasteiger partial charge in [0, 0.05) is 37.4 Å². The first-order valence-corrected chi connectivity index (χ1v) is 9.84. The number of alkyl halides is 2. The quantitative estimate of drug-likeness (QED) is 0.723.